The van der Waals surface area contributed by atoms with Gasteiger partial charge in [-0.15, -0.1) is 0 Å². The molecule has 0 saturated heterocycles. The van der Waals surface area contributed by atoms with Crippen LogP contribution in [0.5, 0.6) is 0 Å². The molecule has 0 aliphatic heterocycles. The highest BCUT2D eigenvalue weighted by Gasteiger charge is 2.17. The van der Waals surface area contributed by atoms with E-state index >= 15 is 0 Å². The number of benzene rings is 10. The normalized spacial score (nSPS) is 11.7. The highest BCUT2D eigenvalue weighted by Crippen LogP contribution is 2.40. The summed E-state index contributed by atoms with van der Waals surface area (Å²) in [4.78, 5) is 2.35. The minimum Gasteiger partial charge on any atom is -0.455 e. The summed E-state index contributed by atoms with van der Waals surface area (Å²) in [6.45, 7) is 0. The molecule has 0 amide bonds. The van der Waals surface area contributed by atoms with Crippen LogP contribution >= 0.6 is 0 Å². The van der Waals surface area contributed by atoms with E-state index in [1.165, 1.54) is 49.1 Å². The van der Waals surface area contributed by atoms with E-state index in [2.05, 4.69) is 228 Å². The maximum Gasteiger partial charge on any atom is 0.143 e. The Morgan fingerprint density at radius 2 is 0.881 bits per heavy atom. The molecular formula is C56H36N2O. The van der Waals surface area contributed by atoms with Gasteiger partial charge in [-0.25, -0.2) is 0 Å². The van der Waals surface area contributed by atoms with E-state index in [9.17, 15) is 0 Å². The molecule has 10 aromatic carbocycles. The smallest absolute Gasteiger partial charge is 0.143 e. The Morgan fingerprint density at radius 1 is 0.322 bits per heavy atom. The van der Waals surface area contributed by atoms with Crippen LogP contribution in [0.15, 0.2) is 223 Å². The molecule has 2 heterocycles. The SMILES string of the molecule is c1cc(-c2ccc(N(c3ccc(-c4ccc5oc6c7ccccc7ccc6c5c4)cc3)c3ccc4ccccc4c3)cc2)cc(-n2c3ccccc3c3ccccc32)c1. The van der Waals surface area contributed by atoms with Crippen molar-refractivity contribution in [3.05, 3.63) is 218 Å². The Hall–Kier alpha value is -7.88. The Labute approximate surface area is 341 Å². The van der Waals surface area contributed by atoms with Crippen LogP contribution in [-0.4, -0.2) is 4.57 Å². The van der Waals surface area contributed by atoms with Crippen LogP contribution in [0.1, 0.15) is 0 Å². The van der Waals surface area contributed by atoms with Gasteiger partial charge in [-0.2, -0.15) is 0 Å². The van der Waals surface area contributed by atoms with Gasteiger partial charge in [0.2, 0.25) is 0 Å². The summed E-state index contributed by atoms with van der Waals surface area (Å²) in [6, 6.07) is 78.8. The fourth-order valence-corrected chi connectivity index (χ4v) is 9.08. The monoisotopic (exact) mass is 752 g/mol. The molecule has 0 radical (unpaired) electrons. The van der Waals surface area contributed by atoms with Crippen LogP contribution < -0.4 is 4.90 Å². The largest absolute Gasteiger partial charge is 0.455 e. The first kappa shape index (κ1) is 33.3. The molecule has 0 aliphatic carbocycles. The predicted octanol–water partition coefficient (Wildman–Crippen LogP) is 15.8. The maximum atomic E-state index is 6.42. The molecule has 0 aliphatic rings. The van der Waals surface area contributed by atoms with Gasteiger partial charge in [0.25, 0.3) is 0 Å². The number of aromatic nitrogens is 1. The van der Waals surface area contributed by atoms with Gasteiger partial charge in [-0.05, 0) is 117 Å². The third-order valence-corrected chi connectivity index (χ3v) is 12.0. The average molecular weight is 753 g/mol. The molecule has 0 fully saturated rings. The van der Waals surface area contributed by atoms with Crippen molar-refractivity contribution in [3.63, 3.8) is 0 Å². The number of hydrogen-bond donors (Lipinski definition) is 0. The van der Waals surface area contributed by atoms with Crippen LogP contribution in [-0.2, 0) is 0 Å². The number of anilines is 3. The number of para-hydroxylation sites is 2. The fraction of sp³-hybridized carbons (Fsp3) is 0. The van der Waals surface area contributed by atoms with Crippen LogP contribution in [0.4, 0.5) is 17.1 Å². The zero-order valence-electron chi connectivity index (χ0n) is 32.1. The van der Waals surface area contributed by atoms with Gasteiger partial charge in [0.1, 0.15) is 11.2 Å². The summed E-state index contributed by atoms with van der Waals surface area (Å²) in [6.07, 6.45) is 0. The Bertz CT molecular complexity index is 3500. The quantitative estimate of drug-likeness (QED) is 0.169. The lowest BCUT2D eigenvalue weighted by Crippen LogP contribution is -2.09. The molecule has 0 bridgehead atoms. The molecule has 3 heteroatoms. The Kier molecular flexibility index (Phi) is 7.54. The van der Waals surface area contributed by atoms with Crippen molar-refractivity contribution in [2.75, 3.05) is 4.90 Å². The number of nitrogens with zero attached hydrogens (tertiary/aromatic N) is 2. The van der Waals surface area contributed by atoms with Crippen molar-refractivity contribution in [1.29, 1.82) is 0 Å². The summed E-state index contributed by atoms with van der Waals surface area (Å²) >= 11 is 0. The zero-order valence-corrected chi connectivity index (χ0v) is 32.1. The van der Waals surface area contributed by atoms with Crippen LogP contribution in [0.2, 0.25) is 0 Å². The van der Waals surface area contributed by atoms with Crippen molar-refractivity contribution in [2.45, 2.75) is 0 Å². The number of rotatable bonds is 6. The van der Waals surface area contributed by atoms with Crippen LogP contribution in [0.25, 0.3) is 93.2 Å². The van der Waals surface area contributed by atoms with Crippen molar-refractivity contribution < 1.29 is 4.42 Å². The topological polar surface area (TPSA) is 21.3 Å². The van der Waals surface area contributed by atoms with Gasteiger partial charge < -0.3 is 13.9 Å². The lowest BCUT2D eigenvalue weighted by Gasteiger charge is -2.26. The predicted molar refractivity (Wildman–Crippen MR) is 249 cm³/mol. The van der Waals surface area contributed by atoms with E-state index < -0.39 is 0 Å². The second-order valence-electron chi connectivity index (χ2n) is 15.4. The highest BCUT2D eigenvalue weighted by molar-refractivity contribution is 6.15. The lowest BCUT2D eigenvalue weighted by molar-refractivity contribution is 0.672. The molecule has 0 spiro atoms. The molecule has 59 heavy (non-hydrogen) atoms. The van der Waals surface area contributed by atoms with E-state index in [4.69, 9.17) is 4.42 Å². The molecule has 276 valence electrons. The third kappa shape index (κ3) is 5.51. The van der Waals surface area contributed by atoms with E-state index in [0.717, 1.165) is 61.2 Å². The molecule has 0 N–H and O–H groups in total. The van der Waals surface area contributed by atoms with Gasteiger partial charge in [-0.1, -0.05) is 140 Å². The fourth-order valence-electron chi connectivity index (χ4n) is 9.08. The minimum atomic E-state index is 0.904. The summed E-state index contributed by atoms with van der Waals surface area (Å²) in [7, 11) is 0. The van der Waals surface area contributed by atoms with Gasteiger partial charge in [-0.3, -0.25) is 0 Å². The average Bonchev–Trinajstić information content (AvgIpc) is 3.85. The minimum absolute atomic E-state index is 0.904. The van der Waals surface area contributed by atoms with Crippen LogP contribution in [0, 0.1) is 0 Å². The van der Waals surface area contributed by atoms with Crippen molar-refractivity contribution >= 4 is 82.4 Å². The van der Waals surface area contributed by atoms with Crippen molar-refractivity contribution in [3.8, 4) is 27.9 Å². The second-order valence-corrected chi connectivity index (χ2v) is 15.4. The second kappa shape index (κ2) is 13.4. The van der Waals surface area contributed by atoms with Gasteiger partial charge >= 0.3 is 0 Å². The van der Waals surface area contributed by atoms with Crippen LogP contribution in [0.3, 0.4) is 0 Å². The highest BCUT2D eigenvalue weighted by atomic mass is 16.3. The molecule has 2 aromatic heterocycles. The number of fused-ring (bicyclic) bond motifs is 9. The molecule has 12 rings (SSSR count). The summed E-state index contributed by atoms with van der Waals surface area (Å²) in [5.41, 5.74) is 13.4. The molecular weight excluding hydrogens is 717 g/mol. The number of furan rings is 1. The molecule has 12 aromatic rings. The van der Waals surface area contributed by atoms with Gasteiger partial charge in [0, 0.05) is 49.7 Å². The molecule has 3 nitrogen and oxygen atoms in total. The lowest BCUT2D eigenvalue weighted by atomic mass is 10.0. The first-order valence-corrected chi connectivity index (χ1v) is 20.2. The standard InChI is InChI=1S/C56H36N2O/c1-2-12-41-35-47(31-24-37(41)10-1)57(45-29-22-39(23-30-45)43-26-33-55-52(36-43)51-32-25-40-11-3-4-15-48(40)56(51)59-55)44-27-20-38(21-28-44)42-13-9-14-46(34-42)58-53-18-7-5-16-49(53)50-17-6-8-19-54(50)58/h1-36H. The third-order valence-electron chi connectivity index (χ3n) is 12.0. The first-order valence-electron chi connectivity index (χ1n) is 20.2. The van der Waals surface area contributed by atoms with E-state index in [1.807, 2.05) is 0 Å². The van der Waals surface area contributed by atoms with E-state index in [1.54, 1.807) is 0 Å². The molecule has 0 atom stereocenters. The Balaban J connectivity index is 0.918. The van der Waals surface area contributed by atoms with Gasteiger partial charge in [0.15, 0.2) is 0 Å². The van der Waals surface area contributed by atoms with Crippen molar-refractivity contribution in [1.82, 2.24) is 4.57 Å². The molecule has 0 unspecified atom stereocenters. The van der Waals surface area contributed by atoms with E-state index in [0.29, 0.717) is 0 Å². The van der Waals surface area contributed by atoms with Crippen molar-refractivity contribution in [2.24, 2.45) is 0 Å². The number of hydrogen-bond acceptors (Lipinski definition) is 2. The Morgan fingerprint density at radius 3 is 1.59 bits per heavy atom. The van der Waals surface area contributed by atoms with Gasteiger partial charge in [0.05, 0.1) is 11.0 Å². The van der Waals surface area contributed by atoms with E-state index in [-0.39, 0.29) is 0 Å². The maximum absolute atomic E-state index is 6.42. The molecule has 0 saturated carbocycles. The summed E-state index contributed by atoms with van der Waals surface area (Å²) in [5, 5.41) is 9.56. The summed E-state index contributed by atoms with van der Waals surface area (Å²) in [5.74, 6) is 0. The first-order chi connectivity index (χ1) is 29.2. The summed E-state index contributed by atoms with van der Waals surface area (Å²) < 4.78 is 8.80. The zero-order chi connectivity index (χ0) is 38.9.